The highest BCUT2D eigenvalue weighted by Crippen LogP contribution is 2.50. The molecule has 0 spiro atoms. The molecule has 4 nitrogen and oxygen atoms in total. The molecule has 1 saturated carbocycles. The molecule has 0 aromatic carbocycles. The average molecular weight is 400 g/mol. The van der Waals surface area contributed by atoms with Crippen molar-refractivity contribution in [3.05, 3.63) is 28.0 Å². The van der Waals surface area contributed by atoms with Gasteiger partial charge in [-0.2, -0.15) is 0 Å². The van der Waals surface area contributed by atoms with Crippen molar-refractivity contribution >= 4 is 33.7 Å². The molecule has 3 rings (SSSR count). The molecular formula is C17H22BrNO3S. The maximum atomic E-state index is 12.6. The molecule has 0 radical (unpaired) electrons. The third kappa shape index (κ3) is 3.00. The van der Waals surface area contributed by atoms with E-state index in [0.29, 0.717) is 6.61 Å². The van der Waals surface area contributed by atoms with Gasteiger partial charge in [-0.3, -0.25) is 14.2 Å². The summed E-state index contributed by atoms with van der Waals surface area (Å²) in [6.07, 6.45) is 5.56. The van der Waals surface area contributed by atoms with Crippen molar-refractivity contribution in [2.45, 2.75) is 66.6 Å². The highest BCUT2D eigenvalue weighted by molar-refractivity contribution is 9.09. The van der Waals surface area contributed by atoms with Crippen LogP contribution >= 0.6 is 27.7 Å². The number of alkyl halides is 1. The van der Waals surface area contributed by atoms with Crippen LogP contribution in [0.25, 0.3) is 0 Å². The number of esters is 1. The normalized spacial score (nSPS) is 25.9. The van der Waals surface area contributed by atoms with Crippen molar-refractivity contribution in [2.75, 3.05) is 6.61 Å². The second-order valence-electron chi connectivity index (χ2n) is 6.52. The predicted octanol–water partition coefficient (Wildman–Crippen LogP) is 4.00. The lowest BCUT2D eigenvalue weighted by molar-refractivity contribution is -0.142. The van der Waals surface area contributed by atoms with E-state index in [9.17, 15) is 9.59 Å². The Labute approximate surface area is 149 Å². The van der Waals surface area contributed by atoms with Crippen LogP contribution in [0.3, 0.4) is 0 Å². The largest absolute Gasteiger partial charge is 0.465 e. The second-order valence-corrected chi connectivity index (χ2v) is 8.63. The summed E-state index contributed by atoms with van der Waals surface area (Å²) < 4.78 is 7.14. The molecule has 2 unspecified atom stereocenters. The monoisotopic (exact) mass is 399 g/mol. The van der Waals surface area contributed by atoms with Crippen LogP contribution < -0.4 is 5.56 Å². The first-order chi connectivity index (χ1) is 11.0. The van der Waals surface area contributed by atoms with E-state index in [0.717, 1.165) is 36.3 Å². The van der Waals surface area contributed by atoms with Crippen LogP contribution in [0.5, 0.6) is 0 Å². The summed E-state index contributed by atoms with van der Waals surface area (Å²) in [5.41, 5.74) is 0.911. The average Bonchev–Trinajstić information content (AvgIpc) is 2.85. The lowest BCUT2D eigenvalue weighted by Gasteiger charge is -2.37. The van der Waals surface area contributed by atoms with Crippen LogP contribution in [0.4, 0.5) is 0 Å². The first-order valence-corrected chi connectivity index (χ1v) is 10.0. The molecule has 2 atom stereocenters. The Morgan fingerprint density at radius 1 is 1.39 bits per heavy atom. The van der Waals surface area contributed by atoms with Gasteiger partial charge in [-0.15, -0.1) is 0 Å². The SMILES string of the molecule is CCOC(=O)C1Sc2c(ccc(=O)n2C2(C)CCCCC2)C1Br. The van der Waals surface area contributed by atoms with E-state index in [4.69, 9.17) is 4.74 Å². The Morgan fingerprint density at radius 3 is 2.74 bits per heavy atom. The van der Waals surface area contributed by atoms with Crippen LogP contribution in [0, 0.1) is 0 Å². The lowest BCUT2D eigenvalue weighted by Crippen LogP contribution is -2.41. The number of carbonyl (C=O) groups excluding carboxylic acids is 1. The number of pyridine rings is 1. The minimum Gasteiger partial charge on any atom is -0.465 e. The molecule has 1 aliphatic carbocycles. The number of thioether (sulfide) groups is 1. The Morgan fingerprint density at radius 2 is 2.09 bits per heavy atom. The number of rotatable bonds is 3. The zero-order valence-corrected chi connectivity index (χ0v) is 15.9. The Balaban J connectivity index is 2.03. The standard InChI is InChI=1S/C17H22BrNO3S/c1-3-22-16(21)14-13(18)11-7-8-12(20)19(15(11)23-14)17(2)9-5-4-6-10-17/h7-8,13-14H,3-6,9-10H2,1-2H3. The maximum absolute atomic E-state index is 12.6. The number of hydrogen-bond acceptors (Lipinski definition) is 4. The van der Waals surface area contributed by atoms with Gasteiger partial charge in [-0.05, 0) is 38.3 Å². The number of aromatic nitrogens is 1. The fourth-order valence-electron chi connectivity index (χ4n) is 3.65. The third-order valence-electron chi connectivity index (χ3n) is 4.87. The van der Waals surface area contributed by atoms with Crippen molar-refractivity contribution in [2.24, 2.45) is 0 Å². The highest BCUT2D eigenvalue weighted by atomic mass is 79.9. The number of ether oxygens (including phenoxy) is 1. The molecule has 6 heteroatoms. The van der Waals surface area contributed by atoms with Crippen LogP contribution in [0.2, 0.25) is 0 Å². The van der Waals surface area contributed by atoms with Gasteiger partial charge in [0.1, 0.15) is 5.25 Å². The number of halogens is 1. The van der Waals surface area contributed by atoms with E-state index in [-0.39, 0.29) is 27.1 Å². The van der Waals surface area contributed by atoms with Crippen LogP contribution in [-0.2, 0) is 15.1 Å². The van der Waals surface area contributed by atoms with Crippen LogP contribution in [0.15, 0.2) is 22.0 Å². The van der Waals surface area contributed by atoms with Gasteiger partial charge in [0, 0.05) is 11.6 Å². The highest BCUT2D eigenvalue weighted by Gasteiger charge is 2.42. The molecule has 1 aliphatic heterocycles. The van der Waals surface area contributed by atoms with E-state index in [1.807, 2.05) is 17.6 Å². The van der Waals surface area contributed by atoms with Crippen molar-refractivity contribution in [3.8, 4) is 0 Å². The zero-order chi connectivity index (χ0) is 16.6. The number of carbonyl (C=O) groups is 1. The number of hydrogen-bond donors (Lipinski definition) is 0. The van der Waals surface area contributed by atoms with Gasteiger partial charge in [0.15, 0.2) is 0 Å². The quantitative estimate of drug-likeness (QED) is 0.569. The molecule has 0 N–H and O–H groups in total. The first kappa shape index (κ1) is 17.1. The minimum atomic E-state index is -0.329. The Hall–Kier alpha value is -0.750. The van der Waals surface area contributed by atoms with E-state index in [1.54, 1.807) is 6.07 Å². The molecule has 1 aromatic rings. The van der Waals surface area contributed by atoms with Crippen LogP contribution in [-0.4, -0.2) is 22.4 Å². The fourth-order valence-corrected chi connectivity index (χ4v) is 6.13. The summed E-state index contributed by atoms with van der Waals surface area (Å²) in [7, 11) is 0. The summed E-state index contributed by atoms with van der Waals surface area (Å²) in [5.74, 6) is -0.219. The van der Waals surface area contributed by atoms with E-state index >= 15 is 0 Å². The van der Waals surface area contributed by atoms with Crippen molar-refractivity contribution in [3.63, 3.8) is 0 Å². The predicted molar refractivity (Wildman–Crippen MR) is 95.4 cm³/mol. The van der Waals surface area contributed by atoms with Crippen molar-refractivity contribution in [1.29, 1.82) is 0 Å². The maximum Gasteiger partial charge on any atom is 0.320 e. The van der Waals surface area contributed by atoms with E-state index in [1.165, 1.54) is 18.2 Å². The lowest BCUT2D eigenvalue weighted by atomic mass is 9.83. The molecule has 2 aliphatic rings. The molecule has 0 bridgehead atoms. The molecular weight excluding hydrogens is 378 g/mol. The minimum absolute atomic E-state index is 0.0323. The van der Waals surface area contributed by atoms with Crippen LogP contribution in [0.1, 0.15) is 56.3 Å². The Bertz CT molecular complexity index is 666. The van der Waals surface area contributed by atoms with Gasteiger partial charge in [0.2, 0.25) is 0 Å². The molecule has 2 heterocycles. The topological polar surface area (TPSA) is 48.3 Å². The summed E-state index contributed by atoms with van der Waals surface area (Å²) >= 11 is 5.10. The molecule has 126 valence electrons. The van der Waals surface area contributed by atoms with E-state index < -0.39 is 0 Å². The zero-order valence-electron chi connectivity index (χ0n) is 13.5. The number of nitrogens with zero attached hydrogens (tertiary/aromatic N) is 1. The van der Waals surface area contributed by atoms with Gasteiger partial charge in [0.25, 0.3) is 5.56 Å². The molecule has 23 heavy (non-hydrogen) atoms. The molecule has 1 fully saturated rings. The molecule has 0 saturated heterocycles. The molecule has 0 amide bonds. The third-order valence-corrected chi connectivity index (χ3v) is 7.60. The van der Waals surface area contributed by atoms with E-state index in [2.05, 4.69) is 22.9 Å². The van der Waals surface area contributed by atoms with Gasteiger partial charge < -0.3 is 4.74 Å². The molecule has 1 aromatic heterocycles. The smallest absolute Gasteiger partial charge is 0.320 e. The first-order valence-electron chi connectivity index (χ1n) is 8.22. The summed E-state index contributed by atoms with van der Waals surface area (Å²) in [4.78, 5) is 24.7. The van der Waals surface area contributed by atoms with Gasteiger partial charge in [0.05, 0.1) is 16.5 Å². The van der Waals surface area contributed by atoms with Crippen molar-refractivity contribution < 1.29 is 9.53 Å². The van der Waals surface area contributed by atoms with Crippen molar-refractivity contribution in [1.82, 2.24) is 4.57 Å². The summed E-state index contributed by atoms with van der Waals surface area (Å²) in [5, 5.41) is 0.604. The van der Waals surface area contributed by atoms with Gasteiger partial charge in [-0.25, -0.2) is 0 Å². The summed E-state index contributed by atoms with van der Waals surface area (Å²) in [6, 6.07) is 3.49. The summed E-state index contributed by atoms with van der Waals surface area (Å²) in [6.45, 7) is 4.36. The van der Waals surface area contributed by atoms with Gasteiger partial charge >= 0.3 is 5.97 Å². The Kier molecular flexibility index (Phi) is 4.93. The second kappa shape index (κ2) is 6.63. The fraction of sp³-hybridized carbons (Fsp3) is 0.647. The van der Waals surface area contributed by atoms with Gasteiger partial charge in [-0.1, -0.05) is 47.0 Å². The number of fused-ring (bicyclic) bond motifs is 1.